The highest BCUT2D eigenvalue weighted by Crippen LogP contribution is 2.40. The Balaban J connectivity index is 1.86. The Kier molecular flexibility index (Phi) is 6.35. The first-order valence-electron chi connectivity index (χ1n) is 10.3. The van der Waals surface area contributed by atoms with Crippen LogP contribution in [0.3, 0.4) is 0 Å². The Morgan fingerprint density at radius 3 is 2.00 bits per heavy atom. The molecule has 0 unspecified atom stereocenters. The van der Waals surface area contributed by atoms with Crippen LogP contribution in [0.5, 0.6) is 23.0 Å². The molecule has 0 radical (unpaired) electrons. The summed E-state index contributed by atoms with van der Waals surface area (Å²) in [5.41, 5.74) is 0.516. The number of aromatic nitrogens is 2. The third-order valence-corrected chi connectivity index (χ3v) is 5.26. The molecule has 4 rings (SSSR count). The molecule has 1 heterocycles. The van der Waals surface area contributed by atoms with Gasteiger partial charge in [-0.2, -0.15) is 9.78 Å². The molecule has 0 saturated heterocycles. The minimum Gasteiger partial charge on any atom is -0.494 e. The number of rotatable bonds is 7. The summed E-state index contributed by atoms with van der Waals surface area (Å²) in [5.74, 6) is 1.09. The van der Waals surface area contributed by atoms with Gasteiger partial charge in [-0.25, -0.2) is 0 Å². The number of ether oxygens (including phenoxy) is 4. The van der Waals surface area contributed by atoms with Crippen molar-refractivity contribution in [2.24, 2.45) is 0 Å². The molecule has 0 fully saturated rings. The fourth-order valence-electron chi connectivity index (χ4n) is 3.67. The van der Waals surface area contributed by atoms with Crippen molar-refractivity contribution in [2.45, 2.75) is 0 Å². The van der Waals surface area contributed by atoms with E-state index in [-0.39, 0.29) is 11.3 Å². The molecule has 1 amide bonds. The van der Waals surface area contributed by atoms with Crippen molar-refractivity contribution >= 4 is 22.4 Å². The van der Waals surface area contributed by atoms with Crippen molar-refractivity contribution in [1.29, 1.82) is 0 Å². The van der Waals surface area contributed by atoms with Crippen molar-refractivity contribution in [2.75, 3.05) is 33.8 Å². The summed E-state index contributed by atoms with van der Waals surface area (Å²) in [6.45, 7) is 0. The predicted molar refractivity (Wildman–Crippen MR) is 128 cm³/mol. The minimum absolute atomic E-state index is 0.0647. The molecule has 174 valence electrons. The van der Waals surface area contributed by atoms with Gasteiger partial charge in [0.2, 0.25) is 5.75 Å². The van der Waals surface area contributed by atoms with Gasteiger partial charge in [0, 0.05) is 23.2 Å². The largest absolute Gasteiger partial charge is 0.494 e. The van der Waals surface area contributed by atoms with Crippen LogP contribution in [0.1, 0.15) is 10.5 Å². The van der Waals surface area contributed by atoms with E-state index in [1.807, 2.05) is 0 Å². The Hall–Kier alpha value is -4.53. The van der Waals surface area contributed by atoms with Crippen LogP contribution in [0.4, 0.5) is 5.69 Å². The van der Waals surface area contributed by atoms with E-state index < -0.39 is 5.91 Å². The third kappa shape index (κ3) is 3.99. The van der Waals surface area contributed by atoms with Gasteiger partial charge in [0.1, 0.15) is 11.4 Å². The third-order valence-electron chi connectivity index (χ3n) is 5.26. The number of nitrogens with zero attached hydrogens (tertiary/aromatic N) is 2. The monoisotopic (exact) mass is 461 g/mol. The Labute approximate surface area is 195 Å². The van der Waals surface area contributed by atoms with Gasteiger partial charge in [-0.05, 0) is 18.2 Å². The van der Waals surface area contributed by atoms with Crippen LogP contribution >= 0.6 is 0 Å². The Bertz CT molecular complexity index is 1410. The zero-order valence-electron chi connectivity index (χ0n) is 19.1. The van der Waals surface area contributed by atoms with Gasteiger partial charge in [-0.3, -0.25) is 9.59 Å². The lowest BCUT2D eigenvalue weighted by Crippen LogP contribution is -2.26. The van der Waals surface area contributed by atoms with E-state index in [4.69, 9.17) is 18.9 Å². The molecule has 34 heavy (non-hydrogen) atoms. The summed E-state index contributed by atoms with van der Waals surface area (Å²) < 4.78 is 22.6. The van der Waals surface area contributed by atoms with Crippen LogP contribution in [0, 0.1) is 0 Å². The SMILES string of the molecule is COc1ccccc1-n1nc(C(=O)Nc2cc(OC)c(OC)c(OC)c2)c2ccccc2c1=O. The van der Waals surface area contributed by atoms with Crippen LogP contribution in [-0.2, 0) is 0 Å². The van der Waals surface area contributed by atoms with E-state index in [0.717, 1.165) is 0 Å². The average molecular weight is 461 g/mol. The number of anilines is 1. The second kappa shape index (κ2) is 9.53. The highest BCUT2D eigenvalue weighted by Gasteiger charge is 2.21. The number of hydrogen-bond acceptors (Lipinski definition) is 7. The zero-order chi connectivity index (χ0) is 24.2. The quantitative estimate of drug-likeness (QED) is 0.448. The molecule has 0 atom stereocenters. The number of carbonyl (C=O) groups is 1. The number of hydrogen-bond donors (Lipinski definition) is 1. The van der Waals surface area contributed by atoms with E-state index in [1.54, 1.807) is 60.7 Å². The van der Waals surface area contributed by atoms with Crippen LogP contribution in [0.25, 0.3) is 16.5 Å². The molecule has 4 aromatic rings. The number of benzene rings is 3. The zero-order valence-corrected chi connectivity index (χ0v) is 19.1. The molecule has 1 aromatic heterocycles. The molecule has 9 nitrogen and oxygen atoms in total. The molecule has 0 aliphatic heterocycles. The number of para-hydroxylation sites is 2. The minimum atomic E-state index is -0.519. The molecular weight excluding hydrogens is 438 g/mol. The average Bonchev–Trinajstić information content (AvgIpc) is 2.88. The maximum absolute atomic E-state index is 13.4. The van der Waals surface area contributed by atoms with E-state index in [0.29, 0.717) is 45.1 Å². The van der Waals surface area contributed by atoms with Crippen LogP contribution in [-0.4, -0.2) is 44.1 Å². The van der Waals surface area contributed by atoms with E-state index in [9.17, 15) is 9.59 Å². The van der Waals surface area contributed by atoms with Gasteiger partial charge < -0.3 is 24.3 Å². The summed E-state index contributed by atoms with van der Waals surface area (Å²) in [6.07, 6.45) is 0. The maximum atomic E-state index is 13.4. The lowest BCUT2D eigenvalue weighted by Gasteiger charge is -2.16. The smallest absolute Gasteiger partial charge is 0.279 e. The summed E-state index contributed by atoms with van der Waals surface area (Å²) in [7, 11) is 5.97. The van der Waals surface area contributed by atoms with E-state index >= 15 is 0 Å². The summed E-state index contributed by atoms with van der Waals surface area (Å²) in [4.78, 5) is 26.6. The standard InChI is InChI=1S/C25H23N3O6/c1-31-19-12-8-7-11-18(19)28-25(30)17-10-6-5-9-16(17)22(27-28)24(29)26-15-13-20(32-2)23(34-4)21(14-15)33-3/h5-14H,1-4H3,(H,26,29). The van der Waals surface area contributed by atoms with Crippen molar-refractivity contribution < 1.29 is 23.7 Å². The van der Waals surface area contributed by atoms with Gasteiger partial charge in [0.15, 0.2) is 17.2 Å². The predicted octanol–water partition coefficient (Wildman–Crippen LogP) is 3.67. The van der Waals surface area contributed by atoms with E-state index in [2.05, 4.69) is 10.4 Å². The topological polar surface area (TPSA) is 101 Å². The first-order chi connectivity index (χ1) is 16.5. The molecule has 0 aliphatic carbocycles. The Morgan fingerprint density at radius 2 is 1.38 bits per heavy atom. The molecule has 0 aliphatic rings. The number of carbonyl (C=O) groups excluding carboxylic acids is 1. The summed E-state index contributed by atoms with van der Waals surface area (Å²) >= 11 is 0. The number of fused-ring (bicyclic) bond motifs is 1. The molecule has 0 saturated carbocycles. The van der Waals surface area contributed by atoms with Crippen molar-refractivity contribution in [3.8, 4) is 28.7 Å². The molecule has 3 aromatic carbocycles. The van der Waals surface area contributed by atoms with Crippen molar-refractivity contribution in [3.05, 3.63) is 76.7 Å². The summed E-state index contributed by atoms with van der Waals surface area (Å²) in [6, 6.07) is 17.0. The lowest BCUT2D eigenvalue weighted by atomic mass is 10.1. The van der Waals surface area contributed by atoms with Crippen LogP contribution in [0.2, 0.25) is 0 Å². The molecule has 0 spiro atoms. The van der Waals surface area contributed by atoms with Gasteiger partial charge >= 0.3 is 0 Å². The summed E-state index contributed by atoms with van der Waals surface area (Å²) in [5, 5.41) is 8.00. The van der Waals surface area contributed by atoms with Gasteiger partial charge in [0.25, 0.3) is 11.5 Å². The number of nitrogens with one attached hydrogen (secondary N) is 1. The maximum Gasteiger partial charge on any atom is 0.279 e. The van der Waals surface area contributed by atoms with Gasteiger partial charge in [0.05, 0.1) is 33.8 Å². The van der Waals surface area contributed by atoms with E-state index in [1.165, 1.54) is 33.1 Å². The van der Waals surface area contributed by atoms with Crippen LogP contribution in [0.15, 0.2) is 65.5 Å². The normalized spacial score (nSPS) is 10.6. The number of amides is 1. The first kappa shape index (κ1) is 22.7. The first-order valence-corrected chi connectivity index (χ1v) is 10.3. The fourth-order valence-corrected chi connectivity index (χ4v) is 3.67. The second-order valence-corrected chi connectivity index (χ2v) is 7.15. The van der Waals surface area contributed by atoms with Crippen molar-refractivity contribution in [1.82, 2.24) is 9.78 Å². The second-order valence-electron chi connectivity index (χ2n) is 7.15. The highest BCUT2D eigenvalue weighted by atomic mass is 16.5. The van der Waals surface area contributed by atoms with Crippen molar-refractivity contribution in [3.63, 3.8) is 0 Å². The molecule has 1 N–H and O–H groups in total. The van der Waals surface area contributed by atoms with Gasteiger partial charge in [-0.15, -0.1) is 0 Å². The number of methoxy groups -OCH3 is 4. The fraction of sp³-hybridized carbons (Fsp3) is 0.160. The van der Waals surface area contributed by atoms with Gasteiger partial charge in [-0.1, -0.05) is 30.3 Å². The van der Waals surface area contributed by atoms with Crippen LogP contribution < -0.4 is 29.8 Å². The molecular formula is C25H23N3O6. The Morgan fingerprint density at radius 1 is 0.794 bits per heavy atom. The molecule has 0 bridgehead atoms. The molecule has 9 heteroatoms. The lowest BCUT2D eigenvalue weighted by molar-refractivity contribution is 0.102. The highest BCUT2D eigenvalue weighted by molar-refractivity contribution is 6.11.